The van der Waals surface area contributed by atoms with Crippen LogP contribution in [0.3, 0.4) is 0 Å². The molecule has 1 radical (unpaired) electrons. The van der Waals surface area contributed by atoms with Crippen LogP contribution >= 0.6 is 0 Å². The van der Waals surface area contributed by atoms with E-state index in [1.807, 2.05) is 0 Å². The van der Waals surface area contributed by atoms with E-state index in [1.165, 1.54) is 295 Å². The summed E-state index contributed by atoms with van der Waals surface area (Å²) in [5.41, 5.74) is 0. The SMILES string of the molecule is CCCCCCCCCCCCC(C=O)CCCCCCCCCC.CCCCCCCCCCCCC(O)CCCCCCCCCC.[CH2-]CCCCCN(CCCCO)CCCCCCOC.[Y]. The molecule has 0 saturated carbocycles. The number of hydrogen-bond acceptors (Lipinski definition) is 5. The van der Waals surface area contributed by atoms with Gasteiger partial charge in [0.2, 0.25) is 0 Å². The number of carbonyl (C=O) groups is 1. The number of aldehydes is 1. The minimum absolute atomic E-state index is 0. The van der Waals surface area contributed by atoms with Gasteiger partial charge in [-0.15, -0.1) is 0 Å². The molecule has 2 atom stereocenters. The van der Waals surface area contributed by atoms with E-state index in [2.05, 4.69) is 39.5 Å². The molecular formula is C64H132NO4Y-. The van der Waals surface area contributed by atoms with Gasteiger partial charge >= 0.3 is 0 Å². The molecule has 2 unspecified atom stereocenters. The molecule has 0 aromatic heterocycles. The molecule has 0 heterocycles. The number of aliphatic hydroxyl groups is 2. The van der Waals surface area contributed by atoms with Crippen molar-refractivity contribution in [2.75, 3.05) is 40.0 Å². The van der Waals surface area contributed by atoms with Crippen molar-refractivity contribution in [1.29, 1.82) is 0 Å². The first-order chi connectivity index (χ1) is 34.0. The van der Waals surface area contributed by atoms with Gasteiger partial charge in [0, 0.05) is 59.0 Å². The van der Waals surface area contributed by atoms with Crippen LogP contribution in [0.5, 0.6) is 0 Å². The number of methoxy groups -OCH3 is 1. The molecular weight excluding hydrogens is 936 g/mol. The first-order valence-corrected chi connectivity index (χ1v) is 31.8. The maximum atomic E-state index is 11.2. The van der Waals surface area contributed by atoms with Crippen LogP contribution in [0.15, 0.2) is 0 Å². The summed E-state index contributed by atoms with van der Waals surface area (Å²) < 4.78 is 5.07. The Morgan fingerprint density at radius 2 is 0.671 bits per heavy atom. The van der Waals surface area contributed by atoms with Crippen LogP contribution in [0.2, 0.25) is 0 Å². The fraction of sp³-hybridized carbons (Fsp3) is 0.969. The Morgan fingerprint density at radius 3 is 0.971 bits per heavy atom. The van der Waals surface area contributed by atoms with E-state index in [9.17, 15) is 9.90 Å². The van der Waals surface area contributed by atoms with E-state index in [-0.39, 0.29) is 38.8 Å². The summed E-state index contributed by atoms with van der Waals surface area (Å²) in [7, 11) is 1.77. The molecule has 0 rings (SSSR count). The average Bonchev–Trinajstić information content (AvgIpc) is 3.36. The van der Waals surface area contributed by atoms with Crippen LogP contribution < -0.4 is 0 Å². The Morgan fingerprint density at radius 1 is 0.400 bits per heavy atom. The van der Waals surface area contributed by atoms with Gasteiger partial charge < -0.3 is 31.6 Å². The predicted octanol–water partition coefficient (Wildman–Crippen LogP) is 20.5. The zero-order valence-corrected chi connectivity index (χ0v) is 51.9. The van der Waals surface area contributed by atoms with Crippen molar-refractivity contribution in [3.63, 3.8) is 0 Å². The second-order valence-electron chi connectivity index (χ2n) is 21.6. The largest absolute Gasteiger partial charge is 0.396 e. The zero-order chi connectivity index (χ0) is 51.0. The molecule has 6 heteroatoms. The number of ether oxygens (including phenoxy) is 1. The molecule has 0 aliphatic carbocycles. The Bertz CT molecular complexity index is 863. The summed E-state index contributed by atoms with van der Waals surface area (Å²) in [6, 6.07) is 0. The predicted molar refractivity (Wildman–Crippen MR) is 310 cm³/mol. The zero-order valence-electron chi connectivity index (χ0n) is 49.1. The van der Waals surface area contributed by atoms with Gasteiger partial charge in [-0.3, -0.25) is 0 Å². The molecule has 70 heavy (non-hydrogen) atoms. The van der Waals surface area contributed by atoms with E-state index in [0.29, 0.717) is 12.5 Å². The second-order valence-corrected chi connectivity index (χ2v) is 21.6. The molecule has 0 aliphatic heterocycles. The van der Waals surface area contributed by atoms with Crippen molar-refractivity contribution in [3.8, 4) is 0 Å². The normalized spacial score (nSPS) is 12.0. The number of unbranched alkanes of at least 4 members (excludes halogenated alkanes) is 39. The minimum atomic E-state index is -0.0286. The third-order valence-electron chi connectivity index (χ3n) is 14.5. The van der Waals surface area contributed by atoms with Crippen LogP contribution in [0.1, 0.15) is 349 Å². The summed E-state index contributed by atoms with van der Waals surface area (Å²) in [4.78, 5) is 13.8. The van der Waals surface area contributed by atoms with Crippen molar-refractivity contribution in [3.05, 3.63) is 6.92 Å². The van der Waals surface area contributed by atoms with Gasteiger partial charge in [0.05, 0.1) is 6.10 Å². The van der Waals surface area contributed by atoms with Gasteiger partial charge in [-0.1, -0.05) is 285 Å². The third-order valence-corrected chi connectivity index (χ3v) is 14.5. The Kier molecular flexibility index (Phi) is 81.4. The molecule has 0 aromatic carbocycles. The Hall–Kier alpha value is 0.614. The standard InChI is InChI=1S/C24H48O.C23H48O.C17H36NO2.Y/c1-3-5-7-9-11-13-14-16-18-20-22-24(23-25)21-19-17-15-12-10-8-6-4-2;1-3-5-7-9-11-13-14-16-18-20-22-23(24)21-19-17-15-12-10-8-6-4-2;1-3-4-5-8-13-18(15-10-11-16-19)14-9-6-7-12-17-20-2;/h23-24H,3-22H2,1-2H3;23-24H,3-22H2,1-2H3;19H,1,3-17H2,2H3;/q;;-1;. The summed E-state index contributed by atoms with van der Waals surface area (Å²) >= 11 is 0. The van der Waals surface area contributed by atoms with E-state index in [1.54, 1.807) is 7.11 Å². The molecule has 0 fully saturated rings. The number of hydrogen-bond donors (Lipinski definition) is 2. The van der Waals surface area contributed by atoms with Crippen LogP contribution in [-0.4, -0.2) is 67.5 Å². The van der Waals surface area contributed by atoms with E-state index < -0.39 is 0 Å². The van der Waals surface area contributed by atoms with E-state index >= 15 is 0 Å². The van der Waals surface area contributed by atoms with Crippen molar-refractivity contribution < 1.29 is 52.5 Å². The summed E-state index contributed by atoms with van der Waals surface area (Å²) in [6.45, 7) is 17.8. The van der Waals surface area contributed by atoms with Gasteiger partial charge in [-0.2, -0.15) is 6.42 Å². The molecule has 0 aromatic rings. The average molecular weight is 1070 g/mol. The second kappa shape index (κ2) is 73.9. The topological polar surface area (TPSA) is 70.0 Å². The molecule has 2 N–H and O–H groups in total. The number of rotatable bonds is 57. The minimum Gasteiger partial charge on any atom is -0.396 e. The van der Waals surface area contributed by atoms with Crippen LogP contribution in [0, 0.1) is 12.8 Å². The summed E-state index contributed by atoms with van der Waals surface area (Å²) in [5, 5.41) is 18.9. The first-order valence-electron chi connectivity index (χ1n) is 31.8. The molecule has 0 spiro atoms. The monoisotopic (exact) mass is 1070 g/mol. The number of aliphatic hydroxyl groups excluding tert-OH is 2. The molecule has 0 amide bonds. The molecule has 421 valence electrons. The van der Waals surface area contributed by atoms with Crippen LogP contribution in [-0.2, 0) is 42.2 Å². The molecule has 0 saturated heterocycles. The van der Waals surface area contributed by atoms with Gasteiger partial charge in [0.25, 0.3) is 0 Å². The van der Waals surface area contributed by atoms with Gasteiger partial charge in [-0.25, -0.2) is 0 Å². The summed E-state index contributed by atoms with van der Waals surface area (Å²) in [5.74, 6) is 0.342. The van der Waals surface area contributed by atoms with Crippen LogP contribution in [0.25, 0.3) is 0 Å². The van der Waals surface area contributed by atoms with Crippen LogP contribution in [0.4, 0.5) is 0 Å². The molecule has 0 aliphatic rings. The molecule has 0 bridgehead atoms. The van der Waals surface area contributed by atoms with E-state index in [4.69, 9.17) is 9.84 Å². The third kappa shape index (κ3) is 72.9. The quantitative estimate of drug-likeness (QED) is 0.0361. The van der Waals surface area contributed by atoms with Crippen molar-refractivity contribution in [2.45, 2.75) is 355 Å². The number of nitrogens with zero attached hydrogens (tertiary/aromatic N) is 1. The smallest absolute Gasteiger partial charge is 0.123 e. The van der Waals surface area contributed by atoms with Gasteiger partial charge in [0.1, 0.15) is 6.29 Å². The maximum Gasteiger partial charge on any atom is 0.123 e. The maximum absolute atomic E-state index is 11.2. The number of carbonyl (C=O) groups excluding carboxylic acids is 1. The van der Waals surface area contributed by atoms with Gasteiger partial charge in [0.15, 0.2) is 0 Å². The summed E-state index contributed by atoms with van der Waals surface area (Å²) in [6.07, 6.45) is 67.0. The Labute approximate surface area is 468 Å². The van der Waals surface area contributed by atoms with Crippen molar-refractivity contribution >= 4 is 6.29 Å². The fourth-order valence-electron chi connectivity index (χ4n) is 9.65. The van der Waals surface area contributed by atoms with Crippen molar-refractivity contribution in [2.24, 2.45) is 5.92 Å². The van der Waals surface area contributed by atoms with E-state index in [0.717, 1.165) is 58.1 Å². The molecule has 5 nitrogen and oxygen atoms in total. The first kappa shape index (κ1) is 77.1. The Balaban J connectivity index is -0.000000466. The van der Waals surface area contributed by atoms with Crippen molar-refractivity contribution in [1.82, 2.24) is 4.90 Å². The fourth-order valence-corrected chi connectivity index (χ4v) is 9.65. The van der Waals surface area contributed by atoms with Gasteiger partial charge in [-0.05, 0) is 77.4 Å².